The van der Waals surface area contributed by atoms with Crippen molar-refractivity contribution in [3.63, 3.8) is 0 Å². The Bertz CT molecular complexity index is 692. The van der Waals surface area contributed by atoms with Gasteiger partial charge in [0.05, 0.1) is 5.75 Å². The van der Waals surface area contributed by atoms with Gasteiger partial charge in [0.2, 0.25) is 10.0 Å². The second kappa shape index (κ2) is 6.17. The highest BCUT2D eigenvalue weighted by atomic mass is 32.2. The topological polar surface area (TPSA) is 72.2 Å². The predicted molar refractivity (Wildman–Crippen MR) is 88.8 cm³/mol. The normalized spacial score (nSPS) is 12.5. The van der Waals surface area contributed by atoms with E-state index in [4.69, 9.17) is 5.73 Å². The summed E-state index contributed by atoms with van der Waals surface area (Å²) in [6, 6.07) is 11.0. The van der Waals surface area contributed by atoms with Gasteiger partial charge in [-0.3, -0.25) is 0 Å². The van der Waals surface area contributed by atoms with Crippen LogP contribution >= 0.6 is 11.3 Å². The fraction of sp³-hybridized carbons (Fsp3) is 0.333. The number of anilines is 1. The Morgan fingerprint density at radius 3 is 2.52 bits per heavy atom. The molecule has 0 fully saturated rings. The average Bonchev–Trinajstić information content (AvgIpc) is 2.94. The molecule has 0 saturated heterocycles. The molecule has 1 aromatic carbocycles. The van der Waals surface area contributed by atoms with Crippen LogP contribution in [0, 0.1) is 0 Å². The minimum absolute atomic E-state index is 0.0970. The van der Waals surface area contributed by atoms with Gasteiger partial charge in [-0.25, -0.2) is 13.1 Å². The number of nitrogens with two attached hydrogens (primary N) is 1. The largest absolute Gasteiger partial charge is 0.398 e. The second-order valence-corrected chi connectivity index (χ2v) is 8.39. The van der Waals surface area contributed by atoms with E-state index in [0.717, 1.165) is 4.88 Å². The zero-order valence-electron chi connectivity index (χ0n) is 12.2. The summed E-state index contributed by atoms with van der Waals surface area (Å²) in [7, 11) is -3.41. The lowest BCUT2D eigenvalue weighted by molar-refractivity contribution is 0.509. The maximum atomic E-state index is 12.2. The number of rotatable bonds is 6. The summed E-state index contributed by atoms with van der Waals surface area (Å²) in [5, 5.41) is 2.00. The van der Waals surface area contributed by atoms with Crippen molar-refractivity contribution < 1.29 is 8.42 Å². The van der Waals surface area contributed by atoms with Crippen molar-refractivity contribution in [2.24, 2.45) is 0 Å². The van der Waals surface area contributed by atoms with Gasteiger partial charge in [0.25, 0.3) is 0 Å². The minimum Gasteiger partial charge on any atom is -0.398 e. The first-order chi connectivity index (χ1) is 9.80. The first-order valence-corrected chi connectivity index (χ1v) is 9.18. The maximum Gasteiger partial charge on any atom is 0.215 e. The van der Waals surface area contributed by atoms with E-state index >= 15 is 0 Å². The van der Waals surface area contributed by atoms with E-state index in [9.17, 15) is 8.42 Å². The third-order valence-electron chi connectivity index (χ3n) is 3.32. The number of nitrogen functional groups attached to an aromatic ring is 1. The van der Waals surface area contributed by atoms with E-state index in [-0.39, 0.29) is 11.2 Å². The smallest absolute Gasteiger partial charge is 0.215 e. The van der Waals surface area contributed by atoms with Gasteiger partial charge in [-0.15, -0.1) is 11.3 Å². The van der Waals surface area contributed by atoms with Gasteiger partial charge in [-0.05, 0) is 23.1 Å². The standard InChI is InChI=1S/C15H20N2O2S2/c1-15(2,14-8-5-9-20-14)11-17-21(18,19)10-12-6-3-4-7-13(12)16/h3-9,17H,10-11,16H2,1-2H3. The van der Waals surface area contributed by atoms with Crippen LogP contribution in [0.2, 0.25) is 0 Å². The van der Waals surface area contributed by atoms with Crippen LogP contribution < -0.4 is 10.5 Å². The highest BCUT2D eigenvalue weighted by molar-refractivity contribution is 7.88. The summed E-state index contributed by atoms with van der Waals surface area (Å²) in [6.45, 7) is 4.42. The van der Waals surface area contributed by atoms with Gasteiger partial charge in [0.1, 0.15) is 0 Å². The molecule has 0 aliphatic rings. The first-order valence-electron chi connectivity index (χ1n) is 6.65. The average molecular weight is 324 g/mol. The molecule has 0 amide bonds. The lowest BCUT2D eigenvalue weighted by atomic mass is 9.92. The van der Waals surface area contributed by atoms with Crippen molar-refractivity contribution in [2.75, 3.05) is 12.3 Å². The van der Waals surface area contributed by atoms with Gasteiger partial charge < -0.3 is 5.73 Å². The SMILES string of the molecule is CC(C)(CNS(=O)(=O)Cc1ccccc1N)c1cccs1. The molecule has 3 N–H and O–H groups in total. The highest BCUT2D eigenvalue weighted by Gasteiger charge is 2.24. The van der Waals surface area contributed by atoms with Crippen LogP contribution in [0.4, 0.5) is 5.69 Å². The van der Waals surface area contributed by atoms with E-state index in [1.54, 1.807) is 35.6 Å². The minimum atomic E-state index is -3.41. The molecule has 0 aliphatic heterocycles. The van der Waals surface area contributed by atoms with E-state index in [0.29, 0.717) is 17.8 Å². The molecule has 0 atom stereocenters. The van der Waals surface area contributed by atoms with Crippen molar-refractivity contribution in [3.05, 3.63) is 52.2 Å². The number of hydrogen-bond donors (Lipinski definition) is 2. The number of thiophene rings is 1. The summed E-state index contributed by atoms with van der Waals surface area (Å²) >= 11 is 1.63. The summed E-state index contributed by atoms with van der Waals surface area (Å²) in [4.78, 5) is 1.16. The maximum absolute atomic E-state index is 12.2. The van der Waals surface area contributed by atoms with Crippen LogP contribution in [0.5, 0.6) is 0 Å². The number of hydrogen-bond acceptors (Lipinski definition) is 4. The molecule has 0 radical (unpaired) electrons. The molecule has 1 heterocycles. The Morgan fingerprint density at radius 2 is 1.90 bits per heavy atom. The van der Waals surface area contributed by atoms with Crippen molar-refractivity contribution in [1.29, 1.82) is 0 Å². The van der Waals surface area contributed by atoms with Gasteiger partial charge in [0, 0.05) is 22.5 Å². The van der Waals surface area contributed by atoms with E-state index in [1.807, 2.05) is 31.4 Å². The molecule has 2 aromatic rings. The van der Waals surface area contributed by atoms with Crippen LogP contribution in [0.25, 0.3) is 0 Å². The van der Waals surface area contributed by atoms with E-state index in [1.165, 1.54) is 0 Å². The summed E-state index contributed by atoms with van der Waals surface area (Å²) in [5.74, 6) is -0.0970. The van der Waals surface area contributed by atoms with Crippen LogP contribution in [0.15, 0.2) is 41.8 Å². The summed E-state index contributed by atoms with van der Waals surface area (Å²) in [6.07, 6.45) is 0. The monoisotopic (exact) mass is 324 g/mol. The third-order valence-corrected chi connectivity index (χ3v) is 5.83. The Kier molecular flexibility index (Phi) is 4.70. The van der Waals surface area contributed by atoms with Crippen LogP contribution in [0.3, 0.4) is 0 Å². The predicted octanol–water partition coefficient (Wildman–Crippen LogP) is 2.73. The number of benzene rings is 1. The lowest BCUT2D eigenvalue weighted by Crippen LogP contribution is -2.36. The Labute approximate surface area is 130 Å². The van der Waals surface area contributed by atoms with E-state index < -0.39 is 10.0 Å². The van der Waals surface area contributed by atoms with Gasteiger partial charge in [-0.2, -0.15) is 0 Å². The van der Waals surface area contributed by atoms with Gasteiger partial charge >= 0.3 is 0 Å². The molecule has 0 bridgehead atoms. The third kappa shape index (κ3) is 4.30. The van der Waals surface area contributed by atoms with E-state index in [2.05, 4.69) is 4.72 Å². The Hall–Kier alpha value is -1.37. The molecule has 1 aromatic heterocycles. The second-order valence-electron chi connectivity index (χ2n) is 5.64. The molecular formula is C15H20N2O2S2. The van der Waals surface area contributed by atoms with Crippen molar-refractivity contribution in [3.8, 4) is 0 Å². The first kappa shape index (κ1) is 16.0. The summed E-state index contributed by atoms with van der Waals surface area (Å²) in [5.41, 5.74) is 6.69. The lowest BCUT2D eigenvalue weighted by Gasteiger charge is -2.23. The van der Waals surface area contributed by atoms with Crippen molar-refractivity contribution >= 4 is 27.0 Å². The number of nitrogens with one attached hydrogen (secondary N) is 1. The Morgan fingerprint density at radius 1 is 1.19 bits per heavy atom. The van der Waals surface area contributed by atoms with Crippen LogP contribution in [-0.2, 0) is 21.2 Å². The molecule has 0 unspecified atom stereocenters. The highest BCUT2D eigenvalue weighted by Crippen LogP contribution is 2.27. The molecule has 21 heavy (non-hydrogen) atoms. The number of para-hydroxylation sites is 1. The molecule has 0 aliphatic carbocycles. The van der Waals surface area contributed by atoms with Crippen molar-refractivity contribution in [2.45, 2.75) is 25.0 Å². The fourth-order valence-electron chi connectivity index (χ4n) is 1.96. The van der Waals surface area contributed by atoms with Gasteiger partial charge in [-0.1, -0.05) is 38.1 Å². The molecule has 0 spiro atoms. The molecule has 4 nitrogen and oxygen atoms in total. The van der Waals surface area contributed by atoms with Crippen molar-refractivity contribution in [1.82, 2.24) is 4.72 Å². The zero-order chi connectivity index (χ0) is 15.5. The Balaban J connectivity index is 2.04. The molecular weight excluding hydrogens is 304 g/mol. The quantitative estimate of drug-likeness (QED) is 0.803. The molecule has 114 valence electrons. The molecule has 6 heteroatoms. The molecule has 2 rings (SSSR count). The van der Waals surface area contributed by atoms with Crippen LogP contribution in [-0.4, -0.2) is 15.0 Å². The number of sulfonamides is 1. The summed E-state index contributed by atoms with van der Waals surface area (Å²) < 4.78 is 27.1. The zero-order valence-corrected chi connectivity index (χ0v) is 13.8. The van der Waals surface area contributed by atoms with Crippen LogP contribution in [0.1, 0.15) is 24.3 Å². The molecule has 0 saturated carbocycles. The fourth-order valence-corrected chi connectivity index (χ4v) is 4.17. The van der Waals surface area contributed by atoms with Gasteiger partial charge in [0.15, 0.2) is 0 Å².